The summed E-state index contributed by atoms with van der Waals surface area (Å²) in [6.45, 7) is 10.4. The molecule has 0 saturated heterocycles. The number of esters is 1. The molecule has 0 aliphatic rings. The highest BCUT2D eigenvalue weighted by Crippen LogP contribution is 2.23. The second-order valence-electron chi connectivity index (χ2n) is 9.27. The second-order valence-corrected chi connectivity index (χ2v) is 9.27. The first-order valence-electron chi connectivity index (χ1n) is 11.0. The number of amides is 3. The number of ether oxygens (including phenoxy) is 2. The molecule has 0 bridgehead atoms. The van der Waals surface area contributed by atoms with Gasteiger partial charge in [-0.2, -0.15) is 0 Å². The summed E-state index contributed by atoms with van der Waals surface area (Å²) < 4.78 is 9.86. The molecule has 186 valence electrons. The summed E-state index contributed by atoms with van der Waals surface area (Å²) in [4.78, 5) is 51.5. The number of methoxy groups -OCH3 is 1. The lowest BCUT2D eigenvalue weighted by molar-refractivity contribution is -0.143. The molecule has 2 atom stereocenters. The van der Waals surface area contributed by atoms with Crippen molar-refractivity contribution >= 4 is 23.9 Å². The maximum absolute atomic E-state index is 13.5. The van der Waals surface area contributed by atoms with Crippen molar-refractivity contribution in [2.24, 2.45) is 5.92 Å². The van der Waals surface area contributed by atoms with Crippen molar-refractivity contribution in [2.45, 2.75) is 65.6 Å². The van der Waals surface area contributed by atoms with Crippen molar-refractivity contribution in [2.75, 3.05) is 13.7 Å². The minimum Gasteiger partial charge on any atom is -0.468 e. The van der Waals surface area contributed by atoms with Gasteiger partial charge in [-0.15, -0.1) is 0 Å². The lowest BCUT2D eigenvalue weighted by Crippen LogP contribution is -2.52. The van der Waals surface area contributed by atoms with Crippen molar-refractivity contribution in [1.82, 2.24) is 15.5 Å². The summed E-state index contributed by atoms with van der Waals surface area (Å²) in [6.07, 6.45) is 5.19. The standard InChI is InChI=1S/C25H35N3O6/c1-9-28(23(31)19(14-16(2)3)27-24(32)34-25(5,6)7)21(18-12-10-17(4)11-13-18)22(30)26-15-20(29)33-8/h1,10-13,16,19,21H,14-15H2,2-8H3,(H,26,30)(H,27,32). The van der Waals surface area contributed by atoms with Crippen molar-refractivity contribution in [3.8, 4) is 12.5 Å². The molecule has 3 amide bonds. The summed E-state index contributed by atoms with van der Waals surface area (Å²) in [7, 11) is 1.20. The van der Waals surface area contributed by atoms with Crippen LogP contribution in [0.4, 0.5) is 4.79 Å². The van der Waals surface area contributed by atoms with E-state index in [-0.39, 0.29) is 12.3 Å². The summed E-state index contributed by atoms with van der Waals surface area (Å²) >= 11 is 0. The molecule has 1 rings (SSSR count). The molecule has 0 radical (unpaired) electrons. The number of benzene rings is 1. The fourth-order valence-electron chi connectivity index (χ4n) is 3.07. The SMILES string of the molecule is C#CN(C(=O)C(CC(C)C)NC(=O)OC(C)(C)C)C(C(=O)NCC(=O)OC)c1ccc(C)cc1. The van der Waals surface area contributed by atoms with Crippen LogP contribution >= 0.6 is 0 Å². The van der Waals surface area contributed by atoms with E-state index in [4.69, 9.17) is 11.2 Å². The van der Waals surface area contributed by atoms with Crippen molar-refractivity contribution in [1.29, 1.82) is 0 Å². The average molecular weight is 474 g/mol. The number of nitrogens with one attached hydrogen (secondary N) is 2. The monoisotopic (exact) mass is 473 g/mol. The number of carbonyl (C=O) groups is 4. The van der Waals surface area contributed by atoms with Gasteiger partial charge in [-0.25, -0.2) is 4.79 Å². The molecule has 0 spiro atoms. The molecule has 34 heavy (non-hydrogen) atoms. The van der Waals surface area contributed by atoms with Gasteiger partial charge in [0.15, 0.2) is 0 Å². The zero-order valence-corrected chi connectivity index (χ0v) is 20.9. The lowest BCUT2D eigenvalue weighted by Gasteiger charge is -2.31. The Balaban J connectivity index is 3.33. The molecule has 2 N–H and O–H groups in total. The van der Waals surface area contributed by atoms with E-state index in [0.29, 0.717) is 5.56 Å². The van der Waals surface area contributed by atoms with Gasteiger partial charge in [0, 0.05) is 6.04 Å². The molecule has 0 aliphatic carbocycles. The van der Waals surface area contributed by atoms with Gasteiger partial charge < -0.3 is 20.1 Å². The number of terminal acetylenes is 1. The smallest absolute Gasteiger partial charge is 0.408 e. The quantitative estimate of drug-likeness (QED) is 0.324. The number of alkyl carbamates (subject to hydrolysis) is 1. The molecule has 2 unspecified atom stereocenters. The van der Waals surface area contributed by atoms with Crippen LogP contribution in [-0.2, 0) is 23.9 Å². The Bertz CT molecular complexity index is 912. The third kappa shape index (κ3) is 9.14. The van der Waals surface area contributed by atoms with Crippen LogP contribution in [0.1, 0.15) is 58.2 Å². The van der Waals surface area contributed by atoms with Crippen LogP contribution in [0.3, 0.4) is 0 Å². The van der Waals surface area contributed by atoms with E-state index in [1.54, 1.807) is 45.0 Å². The Hall–Kier alpha value is -3.54. The lowest BCUT2D eigenvalue weighted by atomic mass is 9.99. The molecule has 9 nitrogen and oxygen atoms in total. The highest BCUT2D eigenvalue weighted by molar-refractivity contribution is 5.94. The van der Waals surface area contributed by atoms with Crippen molar-refractivity contribution in [3.63, 3.8) is 0 Å². The molecule has 0 aromatic heterocycles. The number of carbonyl (C=O) groups excluding carboxylic acids is 4. The average Bonchev–Trinajstić information content (AvgIpc) is 2.73. The van der Waals surface area contributed by atoms with E-state index in [0.717, 1.165) is 10.5 Å². The maximum atomic E-state index is 13.5. The summed E-state index contributed by atoms with van der Waals surface area (Å²) in [5.41, 5.74) is 0.625. The number of hydrogen-bond donors (Lipinski definition) is 2. The number of hydrogen-bond acceptors (Lipinski definition) is 6. The normalized spacial score (nSPS) is 12.7. The van der Waals surface area contributed by atoms with Crippen molar-refractivity contribution in [3.05, 3.63) is 35.4 Å². The van der Waals surface area contributed by atoms with Crippen LogP contribution in [-0.4, -0.2) is 54.1 Å². The van der Waals surface area contributed by atoms with Gasteiger partial charge >= 0.3 is 12.1 Å². The zero-order chi connectivity index (χ0) is 26.1. The molecule has 0 saturated carbocycles. The highest BCUT2D eigenvalue weighted by atomic mass is 16.6. The predicted octanol–water partition coefficient (Wildman–Crippen LogP) is 2.68. The summed E-state index contributed by atoms with van der Waals surface area (Å²) in [5.74, 6) is -1.95. The van der Waals surface area contributed by atoms with Crippen LogP contribution in [0.5, 0.6) is 0 Å². The van der Waals surface area contributed by atoms with Gasteiger partial charge in [0.2, 0.25) is 5.91 Å². The van der Waals surface area contributed by atoms with Gasteiger partial charge in [-0.3, -0.25) is 19.3 Å². The fourth-order valence-corrected chi connectivity index (χ4v) is 3.07. The first kappa shape index (κ1) is 28.5. The number of aryl methyl sites for hydroxylation is 1. The second kappa shape index (κ2) is 12.6. The van der Waals surface area contributed by atoms with E-state index >= 15 is 0 Å². The molecule has 9 heteroatoms. The Morgan fingerprint density at radius 1 is 1.12 bits per heavy atom. The largest absolute Gasteiger partial charge is 0.468 e. The van der Waals surface area contributed by atoms with Crippen LogP contribution in [0, 0.1) is 25.3 Å². The van der Waals surface area contributed by atoms with Crippen LogP contribution < -0.4 is 10.6 Å². The molecule has 0 fully saturated rings. The Morgan fingerprint density at radius 2 is 1.71 bits per heavy atom. The minimum atomic E-state index is -1.24. The molecule has 0 heterocycles. The fraction of sp³-hybridized carbons (Fsp3) is 0.520. The minimum absolute atomic E-state index is 0.0227. The van der Waals surface area contributed by atoms with Crippen LogP contribution in [0.15, 0.2) is 24.3 Å². The van der Waals surface area contributed by atoms with Gasteiger partial charge in [-0.1, -0.05) is 50.1 Å². The molecule has 1 aromatic carbocycles. The van der Waals surface area contributed by atoms with E-state index in [1.165, 1.54) is 7.11 Å². The van der Waals surface area contributed by atoms with E-state index in [2.05, 4.69) is 21.4 Å². The van der Waals surface area contributed by atoms with Crippen LogP contribution in [0.25, 0.3) is 0 Å². The number of nitrogens with zero attached hydrogens (tertiary/aromatic N) is 1. The van der Waals surface area contributed by atoms with E-state index in [1.807, 2.05) is 20.8 Å². The predicted molar refractivity (Wildman–Crippen MR) is 127 cm³/mol. The van der Waals surface area contributed by atoms with Gasteiger partial charge in [0.1, 0.15) is 24.2 Å². The van der Waals surface area contributed by atoms with Gasteiger partial charge in [-0.05, 0) is 45.6 Å². The first-order chi connectivity index (χ1) is 15.8. The van der Waals surface area contributed by atoms with E-state index < -0.39 is 48.1 Å². The highest BCUT2D eigenvalue weighted by Gasteiger charge is 2.36. The first-order valence-corrected chi connectivity index (χ1v) is 11.0. The topological polar surface area (TPSA) is 114 Å². The molecule has 1 aromatic rings. The molecular formula is C25H35N3O6. The Labute approximate surface area is 201 Å². The van der Waals surface area contributed by atoms with Crippen LogP contribution in [0.2, 0.25) is 0 Å². The Morgan fingerprint density at radius 3 is 2.18 bits per heavy atom. The molecule has 0 aliphatic heterocycles. The van der Waals surface area contributed by atoms with Gasteiger partial charge in [0.25, 0.3) is 5.91 Å². The van der Waals surface area contributed by atoms with E-state index in [9.17, 15) is 19.2 Å². The van der Waals surface area contributed by atoms with Crippen molar-refractivity contribution < 1.29 is 28.7 Å². The summed E-state index contributed by atoms with van der Waals surface area (Å²) in [6, 6.07) is 6.92. The third-order valence-corrected chi connectivity index (χ3v) is 4.61. The zero-order valence-electron chi connectivity index (χ0n) is 20.9. The maximum Gasteiger partial charge on any atom is 0.408 e. The summed E-state index contributed by atoms with van der Waals surface area (Å²) in [5, 5.41) is 5.03. The van der Waals surface area contributed by atoms with Gasteiger partial charge in [0.05, 0.1) is 7.11 Å². The number of rotatable bonds is 9. The molecular weight excluding hydrogens is 438 g/mol. The third-order valence-electron chi connectivity index (χ3n) is 4.61. The Kier molecular flexibility index (Phi) is 10.6.